The standard InChI is InChI=1S/C31H38ClN7O4/c1-7-28(40)38-16-19(17-38)37-30(41)26-13-35-27(39(26)15-18-8-20(42-5)10-21(9-18)43-6)14-36-29(34)22-11-23(31(2,3)4)24(32)12-25(22)33/h7-13,19H,1,14-17,33H2,2-6H3,(H2,34,36)(H,37,41). The molecule has 1 aromatic heterocycles. The predicted octanol–water partition coefficient (Wildman–Crippen LogP) is 3.51. The average Bonchev–Trinajstić information content (AvgIpc) is 3.34. The number of benzene rings is 2. The Morgan fingerprint density at radius 3 is 2.40 bits per heavy atom. The number of hydrogen-bond donors (Lipinski definition) is 3. The molecule has 1 aliphatic rings. The second-order valence-electron chi connectivity index (χ2n) is 11.4. The number of amides is 2. The van der Waals surface area contributed by atoms with E-state index < -0.39 is 0 Å². The van der Waals surface area contributed by atoms with Crippen LogP contribution in [0.1, 0.15) is 53.8 Å². The topological polar surface area (TPSA) is 150 Å². The van der Waals surface area contributed by atoms with Crippen molar-refractivity contribution in [3.63, 3.8) is 0 Å². The van der Waals surface area contributed by atoms with Crippen LogP contribution in [0.4, 0.5) is 5.69 Å². The molecular weight excluding hydrogens is 570 g/mol. The number of imidazole rings is 1. The van der Waals surface area contributed by atoms with E-state index in [0.717, 1.165) is 11.1 Å². The second kappa shape index (κ2) is 12.8. The fraction of sp³-hybridized carbons (Fsp3) is 0.355. The number of ether oxygens (including phenoxy) is 2. The van der Waals surface area contributed by atoms with Crippen LogP contribution >= 0.6 is 11.6 Å². The van der Waals surface area contributed by atoms with E-state index in [-0.39, 0.29) is 42.2 Å². The number of carbonyl (C=O) groups is 2. The number of likely N-dealkylation sites (tertiary alicyclic amines) is 1. The van der Waals surface area contributed by atoms with Gasteiger partial charge in [0.25, 0.3) is 5.91 Å². The zero-order valence-electron chi connectivity index (χ0n) is 25.1. The molecule has 2 heterocycles. The summed E-state index contributed by atoms with van der Waals surface area (Å²) < 4.78 is 12.6. The third-order valence-corrected chi connectivity index (χ3v) is 7.55. The molecule has 5 N–H and O–H groups in total. The molecule has 12 heteroatoms. The quantitative estimate of drug-likeness (QED) is 0.138. The minimum Gasteiger partial charge on any atom is -0.497 e. The van der Waals surface area contributed by atoms with E-state index in [2.05, 4.69) is 42.6 Å². The summed E-state index contributed by atoms with van der Waals surface area (Å²) in [6.45, 7) is 10.8. The Hall–Kier alpha value is -4.51. The number of carbonyl (C=O) groups excluding carboxylic acids is 2. The highest BCUT2D eigenvalue weighted by Gasteiger charge is 2.31. The lowest BCUT2D eigenvalue weighted by molar-refractivity contribution is -0.130. The van der Waals surface area contributed by atoms with Gasteiger partial charge in [0.15, 0.2) is 0 Å². The molecule has 43 heavy (non-hydrogen) atoms. The van der Waals surface area contributed by atoms with Gasteiger partial charge in [-0.2, -0.15) is 0 Å². The highest BCUT2D eigenvalue weighted by Crippen LogP contribution is 2.33. The maximum Gasteiger partial charge on any atom is 0.269 e. The lowest BCUT2D eigenvalue weighted by Gasteiger charge is -2.38. The highest BCUT2D eigenvalue weighted by molar-refractivity contribution is 6.32. The van der Waals surface area contributed by atoms with E-state index in [9.17, 15) is 9.59 Å². The van der Waals surface area contributed by atoms with E-state index >= 15 is 0 Å². The Labute approximate surface area is 256 Å². The predicted molar refractivity (Wildman–Crippen MR) is 168 cm³/mol. The van der Waals surface area contributed by atoms with Gasteiger partial charge in [0.2, 0.25) is 5.91 Å². The molecule has 2 aromatic carbocycles. The molecular formula is C31H38ClN7O4. The zero-order chi connectivity index (χ0) is 31.5. The van der Waals surface area contributed by atoms with Crippen molar-refractivity contribution < 1.29 is 19.1 Å². The van der Waals surface area contributed by atoms with E-state index in [1.54, 1.807) is 35.8 Å². The number of aliphatic imine (C=N–C) groups is 1. The Balaban J connectivity index is 1.65. The molecule has 0 bridgehead atoms. The molecule has 1 fully saturated rings. The SMILES string of the molecule is C=CC(=O)N1CC(NC(=O)c2cnc(CN=C(N)c3cc(C(C)(C)C)c(Cl)cc3N)n2Cc2cc(OC)cc(OC)c2)C1. The fourth-order valence-corrected chi connectivity index (χ4v) is 5.26. The summed E-state index contributed by atoms with van der Waals surface area (Å²) in [5.41, 5.74) is 15.5. The van der Waals surface area contributed by atoms with Crippen molar-refractivity contribution in [1.82, 2.24) is 19.8 Å². The normalized spacial score (nSPS) is 13.8. The highest BCUT2D eigenvalue weighted by atomic mass is 35.5. The maximum absolute atomic E-state index is 13.4. The first kappa shape index (κ1) is 31.4. The zero-order valence-corrected chi connectivity index (χ0v) is 25.9. The number of amidine groups is 1. The number of rotatable bonds is 10. The number of nitrogens with one attached hydrogen (secondary N) is 1. The van der Waals surface area contributed by atoms with Crippen LogP contribution in [0.25, 0.3) is 0 Å². The summed E-state index contributed by atoms with van der Waals surface area (Å²) >= 11 is 6.47. The van der Waals surface area contributed by atoms with Crippen LogP contribution in [-0.2, 0) is 23.3 Å². The molecule has 0 saturated carbocycles. The van der Waals surface area contributed by atoms with Crippen molar-refractivity contribution in [2.24, 2.45) is 10.7 Å². The Bertz CT molecular complexity index is 1550. The lowest BCUT2D eigenvalue weighted by atomic mass is 9.85. The second-order valence-corrected chi connectivity index (χ2v) is 11.8. The first-order valence-corrected chi connectivity index (χ1v) is 14.1. The van der Waals surface area contributed by atoms with Crippen molar-refractivity contribution in [3.05, 3.63) is 82.4 Å². The molecule has 1 saturated heterocycles. The van der Waals surface area contributed by atoms with Gasteiger partial charge in [0.1, 0.15) is 28.9 Å². The molecule has 4 rings (SSSR count). The van der Waals surface area contributed by atoms with Crippen molar-refractivity contribution in [1.29, 1.82) is 0 Å². The number of halogens is 1. The minimum absolute atomic E-state index is 0.0815. The Morgan fingerprint density at radius 2 is 1.81 bits per heavy atom. The summed E-state index contributed by atoms with van der Waals surface area (Å²) in [5, 5.41) is 3.54. The van der Waals surface area contributed by atoms with Crippen molar-refractivity contribution in [3.8, 4) is 11.5 Å². The number of aromatic nitrogens is 2. The van der Waals surface area contributed by atoms with Gasteiger partial charge in [-0.05, 0) is 46.9 Å². The van der Waals surface area contributed by atoms with E-state index in [1.165, 1.54) is 12.3 Å². The van der Waals surface area contributed by atoms with Crippen LogP contribution in [-0.4, -0.2) is 65.5 Å². The molecule has 0 unspecified atom stereocenters. The third kappa shape index (κ3) is 7.11. The van der Waals surface area contributed by atoms with Crippen molar-refractivity contribution >= 4 is 34.9 Å². The van der Waals surface area contributed by atoms with Crippen molar-refractivity contribution in [2.45, 2.75) is 45.3 Å². The van der Waals surface area contributed by atoms with Crippen LogP contribution in [0.15, 0.2) is 54.2 Å². The molecule has 0 spiro atoms. The molecule has 2 amide bonds. The number of nitrogen functional groups attached to an aromatic ring is 1. The largest absolute Gasteiger partial charge is 0.497 e. The van der Waals surface area contributed by atoms with Crippen LogP contribution in [0, 0.1) is 0 Å². The Morgan fingerprint density at radius 1 is 1.16 bits per heavy atom. The Kier molecular flexibility index (Phi) is 9.34. The van der Waals surface area contributed by atoms with Gasteiger partial charge in [-0.25, -0.2) is 4.98 Å². The maximum atomic E-state index is 13.4. The van der Waals surface area contributed by atoms with E-state index in [1.807, 2.05) is 18.2 Å². The van der Waals surface area contributed by atoms with Gasteiger partial charge in [-0.3, -0.25) is 14.6 Å². The monoisotopic (exact) mass is 607 g/mol. The fourth-order valence-electron chi connectivity index (χ4n) is 4.80. The summed E-state index contributed by atoms with van der Waals surface area (Å²) in [4.78, 5) is 36.0. The summed E-state index contributed by atoms with van der Waals surface area (Å²) in [5.74, 6) is 1.46. The van der Waals surface area contributed by atoms with Gasteiger partial charge in [-0.15, -0.1) is 0 Å². The summed E-state index contributed by atoms with van der Waals surface area (Å²) in [6, 6.07) is 8.86. The molecule has 0 atom stereocenters. The summed E-state index contributed by atoms with van der Waals surface area (Å²) in [6.07, 6.45) is 2.77. The lowest BCUT2D eigenvalue weighted by Crippen LogP contribution is -2.60. The van der Waals surface area contributed by atoms with Gasteiger partial charge in [-0.1, -0.05) is 39.0 Å². The number of nitrogens with two attached hydrogens (primary N) is 2. The van der Waals surface area contributed by atoms with E-state index in [4.69, 9.17) is 32.5 Å². The average molecular weight is 608 g/mol. The van der Waals surface area contributed by atoms with Gasteiger partial charge >= 0.3 is 0 Å². The first-order valence-electron chi connectivity index (χ1n) is 13.7. The van der Waals surface area contributed by atoms with E-state index in [0.29, 0.717) is 52.4 Å². The van der Waals surface area contributed by atoms with Crippen LogP contribution in [0.5, 0.6) is 11.5 Å². The number of methoxy groups -OCH3 is 2. The van der Waals surface area contributed by atoms with Gasteiger partial charge in [0.05, 0.1) is 33.0 Å². The van der Waals surface area contributed by atoms with Crippen LogP contribution < -0.4 is 26.3 Å². The number of nitrogens with zero attached hydrogens (tertiary/aromatic N) is 4. The molecule has 3 aromatic rings. The number of hydrogen-bond acceptors (Lipinski definition) is 7. The molecule has 228 valence electrons. The van der Waals surface area contributed by atoms with Crippen LogP contribution in [0.2, 0.25) is 5.02 Å². The first-order chi connectivity index (χ1) is 20.3. The molecule has 0 radical (unpaired) electrons. The van der Waals surface area contributed by atoms with Crippen molar-refractivity contribution in [2.75, 3.05) is 33.0 Å². The minimum atomic E-state index is -0.321. The smallest absolute Gasteiger partial charge is 0.269 e. The molecule has 1 aliphatic heterocycles. The molecule has 0 aliphatic carbocycles. The van der Waals surface area contributed by atoms with Gasteiger partial charge < -0.3 is 35.7 Å². The summed E-state index contributed by atoms with van der Waals surface area (Å²) in [7, 11) is 3.15. The van der Waals surface area contributed by atoms with Crippen LogP contribution in [0.3, 0.4) is 0 Å². The number of anilines is 1. The molecule has 11 nitrogen and oxygen atoms in total. The van der Waals surface area contributed by atoms with Gasteiger partial charge in [0, 0.05) is 42.0 Å². The third-order valence-electron chi connectivity index (χ3n) is 7.24.